The zero-order valence-corrected chi connectivity index (χ0v) is 22.1. The molecule has 5 fully saturated rings. The van der Waals surface area contributed by atoms with E-state index in [1.807, 2.05) is 0 Å². The topological polar surface area (TPSA) is 62.2 Å². The number of aliphatic imine (C=N–C) groups is 1. The molecule has 5 saturated carbocycles. The molecule has 5 aliphatic carbocycles. The summed E-state index contributed by atoms with van der Waals surface area (Å²) in [6, 6.07) is 11.0. The largest absolute Gasteiger partial charge is 0.354 e. The van der Waals surface area contributed by atoms with E-state index in [1.165, 1.54) is 69.0 Å². The fraction of sp³-hybridized carbons (Fsp3) is 0.656. The molecule has 1 aromatic heterocycles. The normalized spacial score (nSPS) is 35.7. The van der Waals surface area contributed by atoms with Crippen LogP contribution in [0.5, 0.6) is 0 Å². The van der Waals surface area contributed by atoms with Crippen LogP contribution in [0.3, 0.4) is 0 Å². The van der Waals surface area contributed by atoms with Gasteiger partial charge in [0.2, 0.25) is 0 Å². The van der Waals surface area contributed by atoms with Gasteiger partial charge in [0.1, 0.15) is 5.82 Å². The molecule has 2 N–H and O–H groups in total. The van der Waals surface area contributed by atoms with Gasteiger partial charge >= 0.3 is 0 Å². The predicted molar refractivity (Wildman–Crippen MR) is 149 cm³/mol. The molecule has 5 unspecified atom stereocenters. The van der Waals surface area contributed by atoms with Gasteiger partial charge in [0.15, 0.2) is 5.96 Å². The van der Waals surface area contributed by atoms with E-state index in [2.05, 4.69) is 46.0 Å². The average Bonchev–Trinajstić information content (AvgIpc) is 3.56. The highest BCUT2D eigenvalue weighted by molar-refractivity contribution is 5.94. The first-order chi connectivity index (χ1) is 18.2. The Labute approximate surface area is 221 Å². The quantitative estimate of drug-likeness (QED) is 0.467. The van der Waals surface area contributed by atoms with E-state index >= 15 is 0 Å². The summed E-state index contributed by atoms with van der Waals surface area (Å²) >= 11 is 0. The highest BCUT2D eigenvalue weighted by Gasteiger charge is 2.70. The number of nitrogens with zero attached hydrogens (tertiary/aromatic N) is 3. The van der Waals surface area contributed by atoms with E-state index < -0.39 is 0 Å². The van der Waals surface area contributed by atoms with Gasteiger partial charge in [-0.1, -0.05) is 31.4 Å². The summed E-state index contributed by atoms with van der Waals surface area (Å²) in [5, 5.41) is 6.68. The van der Waals surface area contributed by atoms with E-state index in [0.717, 1.165) is 65.8 Å². The zero-order valence-electron chi connectivity index (χ0n) is 22.1. The number of anilines is 1. The molecule has 2 heterocycles. The maximum atomic E-state index is 5.27. The first kappa shape index (κ1) is 22.5. The Bertz CT molecular complexity index is 1210. The molecule has 37 heavy (non-hydrogen) atoms. The smallest absolute Gasteiger partial charge is 0.195 e. The van der Waals surface area contributed by atoms with Gasteiger partial charge in [0, 0.05) is 29.4 Å². The molecule has 5 nitrogen and oxygen atoms in total. The Kier molecular flexibility index (Phi) is 5.20. The molecule has 3 bridgehead atoms. The Morgan fingerprint density at radius 1 is 0.946 bits per heavy atom. The second-order valence-electron chi connectivity index (χ2n) is 13.6. The van der Waals surface area contributed by atoms with Crippen LogP contribution in [-0.4, -0.2) is 29.0 Å². The monoisotopic (exact) mass is 495 g/mol. The van der Waals surface area contributed by atoms with E-state index in [4.69, 9.17) is 9.97 Å². The lowest BCUT2D eigenvalue weighted by Crippen LogP contribution is -2.41. The number of benzene rings is 1. The molecule has 2 aromatic rings. The third kappa shape index (κ3) is 3.82. The molecule has 8 rings (SSSR count). The number of fused-ring (bicyclic) bond motifs is 2. The van der Waals surface area contributed by atoms with Gasteiger partial charge < -0.3 is 10.6 Å². The highest BCUT2D eigenvalue weighted by Crippen LogP contribution is 2.79. The van der Waals surface area contributed by atoms with E-state index in [-0.39, 0.29) is 0 Å². The molecule has 1 aromatic carbocycles. The van der Waals surface area contributed by atoms with Crippen LogP contribution in [0.25, 0.3) is 11.3 Å². The maximum absolute atomic E-state index is 5.27. The van der Waals surface area contributed by atoms with Crippen molar-refractivity contribution < 1.29 is 0 Å². The van der Waals surface area contributed by atoms with Crippen molar-refractivity contribution in [2.45, 2.75) is 89.4 Å². The third-order valence-corrected chi connectivity index (χ3v) is 11.4. The Morgan fingerprint density at radius 3 is 2.68 bits per heavy atom. The molecule has 1 aliphatic heterocycles. The second-order valence-corrected chi connectivity index (χ2v) is 13.6. The molecule has 5 heteroatoms. The number of hydrogen-bond donors (Lipinski definition) is 2. The van der Waals surface area contributed by atoms with Gasteiger partial charge in [0.05, 0.1) is 12.2 Å². The summed E-state index contributed by atoms with van der Waals surface area (Å²) in [7, 11) is 0. The number of aromatic nitrogens is 2. The number of aryl methyl sites for hydroxylation is 1. The molecule has 6 aliphatic rings. The van der Waals surface area contributed by atoms with E-state index in [9.17, 15) is 0 Å². The second kappa shape index (κ2) is 8.54. The fourth-order valence-electron chi connectivity index (χ4n) is 9.90. The Hall–Kier alpha value is -2.43. The van der Waals surface area contributed by atoms with Crippen molar-refractivity contribution in [3.05, 3.63) is 41.9 Å². The maximum Gasteiger partial charge on any atom is 0.195 e. The predicted octanol–water partition coefficient (Wildman–Crippen LogP) is 6.71. The lowest BCUT2D eigenvalue weighted by Gasteiger charge is -2.49. The van der Waals surface area contributed by atoms with Crippen LogP contribution in [0.2, 0.25) is 0 Å². The van der Waals surface area contributed by atoms with Crippen molar-refractivity contribution in [2.75, 3.05) is 18.4 Å². The Balaban J connectivity index is 1.05. The summed E-state index contributed by atoms with van der Waals surface area (Å²) in [6.07, 6.45) is 18.2. The minimum absolute atomic E-state index is 0.533. The summed E-state index contributed by atoms with van der Waals surface area (Å²) in [6.45, 7) is 1.76. The minimum atomic E-state index is 0.533. The first-order valence-corrected chi connectivity index (χ1v) is 15.2. The highest BCUT2D eigenvalue weighted by atomic mass is 15.2. The van der Waals surface area contributed by atoms with Crippen LogP contribution in [0.15, 0.2) is 35.3 Å². The summed E-state index contributed by atoms with van der Waals surface area (Å²) < 4.78 is 0. The van der Waals surface area contributed by atoms with Crippen LogP contribution >= 0.6 is 0 Å². The molecular weight excluding hydrogens is 454 g/mol. The summed E-state index contributed by atoms with van der Waals surface area (Å²) in [5.41, 5.74) is 6.06. The van der Waals surface area contributed by atoms with Crippen molar-refractivity contribution in [1.82, 2.24) is 15.3 Å². The molecule has 194 valence electrons. The van der Waals surface area contributed by atoms with Crippen LogP contribution < -0.4 is 10.6 Å². The number of guanidine groups is 1. The summed E-state index contributed by atoms with van der Waals surface area (Å²) in [5.74, 6) is 5.70. The number of rotatable bonds is 6. The van der Waals surface area contributed by atoms with E-state index in [0.29, 0.717) is 11.3 Å². The zero-order chi connectivity index (χ0) is 24.5. The van der Waals surface area contributed by atoms with Gasteiger partial charge in [0.25, 0.3) is 0 Å². The summed E-state index contributed by atoms with van der Waals surface area (Å²) in [4.78, 5) is 14.9. The fourth-order valence-corrected chi connectivity index (χ4v) is 9.90. The van der Waals surface area contributed by atoms with Crippen LogP contribution in [0.4, 0.5) is 5.69 Å². The van der Waals surface area contributed by atoms with Gasteiger partial charge in [-0.15, -0.1) is 0 Å². The van der Waals surface area contributed by atoms with Crippen LogP contribution in [-0.2, 0) is 6.42 Å². The van der Waals surface area contributed by atoms with Crippen molar-refractivity contribution in [3.63, 3.8) is 0 Å². The molecular formula is C32H41N5. The molecule has 0 radical (unpaired) electrons. The lowest BCUT2D eigenvalue weighted by molar-refractivity contribution is -0.00299. The van der Waals surface area contributed by atoms with Crippen LogP contribution in [0, 0.1) is 28.6 Å². The molecule has 0 amide bonds. The van der Waals surface area contributed by atoms with Crippen molar-refractivity contribution in [2.24, 2.45) is 33.6 Å². The van der Waals surface area contributed by atoms with Crippen molar-refractivity contribution >= 4 is 11.6 Å². The van der Waals surface area contributed by atoms with Gasteiger partial charge in [-0.05, 0) is 111 Å². The molecule has 0 saturated heterocycles. The lowest BCUT2D eigenvalue weighted by atomic mass is 9.55. The number of hydrogen-bond acceptors (Lipinski definition) is 5. The van der Waals surface area contributed by atoms with Crippen LogP contribution in [0.1, 0.15) is 94.5 Å². The molecule has 5 atom stereocenters. The van der Waals surface area contributed by atoms with Gasteiger partial charge in [-0.2, -0.15) is 0 Å². The Morgan fingerprint density at radius 2 is 1.84 bits per heavy atom. The standard InChI is InChI=1S/C32H41N5/c1-2-4-23(5-3-1)29-35-27(10-11-31-17-21-14-24-15-25(19-31)32(24,18-21)20-31)16-28(37-29)22-6-8-26(9-7-22)36-30-33-12-13-34-30/h6-9,16,21,23-25H,1-5,10-15,17-20H2,(H2,33,34,36). The minimum Gasteiger partial charge on any atom is -0.354 e. The van der Waals surface area contributed by atoms with E-state index in [1.54, 1.807) is 19.3 Å². The van der Waals surface area contributed by atoms with Crippen molar-refractivity contribution in [3.8, 4) is 11.3 Å². The number of nitrogens with one attached hydrogen (secondary N) is 2. The van der Waals surface area contributed by atoms with Crippen molar-refractivity contribution in [1.29, 1.82) is 0 Å². The average molecular weight is 496 g/mol. The molecule has 1 spiro atoms. The first-order valence-electron chi connectivity index (χ1n) is 15.2. The third-order valence-electron chi connectivity index (χ3n) is 11.4. The van der Waals surface area contributed by atoms with Gasteiger partial charge in [-0.25, -0.2) is 9.97 Å². The van der Waals surface area contributed by atoms with Gasteiger partial charge in [-0.3, -0.25) is 4.99 Å². The SMILES string of the molecule is c1cc(-c2cc(CCC34CC5CC6CC(C3)C6(C5)C4)nc(C3CCCCC3)n2)ccc1NC1=NCCN1.